The Morgan fingerprint density at radius 2 is 1.47 bits per heavy atom. The van der Waals surface area contributed by atoms with Crippen molar-refractivity contribution in [1.82, 2.24) is 15.0 Å². The van der Waals surface area contributed by atoms with Gasteiger partial charge in [-0.25, -0.2) is 9.97 Å². The van der Waals surface area contributed by atoms with Gasteiger partial charge in [-0.1, -0.05) is 53.5 Å². The number of hydrogen-bond donors (Lipinski definition) is 1. The van der Waals surface area contributed by atoms with Crippen LogP contribution in [0.1, 0.15) is 27.7 Å². The molecule has 0 radical (unpaired) electrons. The lowest BCUT2D eigenvalue weighted by Crippen LogP contribution is -2.41. The van der Waals surface area contributed by atoms with Gasteiger partial charge in [0.05, 0.1) is 27.4 Å². The maximum atomic E-state index is 6.90. The third-order valence-electron chi connectivity index (χ3n) is 6.47. The quantitative estimate of drug-likeness (QED) is 0.350. The predicted molar refractivity (Wildman–Crippen MR) is 138 cm³/mol. The summed E-state index contributed by atoms with van der Waals surface area (Å²) in [6.45, 7) is 8.07. The van der Waals surface area contributed by atoms with Crippen molar-refractivity contribution in [2.24, 2.45) is 0 Å². The van der Waals surface area contributed by atoms with Crippen molar-refractivity contribution in [1.29, 1.82) is 0 Å². The van der Waals surface area contributed by atoms with Gasteiger partial charge in [0.2, 0.25) is 0 Å². The molecule has 9 heteroatoms. The van der Waals surface area contributed by atoms with Gasteiger partial charge in [0.1, 0.15) is 11.8 Å². The molecule has 1 aliphatic rings. The molecule has 6 nitrogen and oxygen atoms in total. The van der Waals surface area contributed by atoms with Crippen LogP contribution in [0.2, 0.25) is 10.0 Å². The minimum Gasteiger partial charge on any atom is -0.399 e. The molecule has 0 saturated carbocycles. The number of aromatic nitrogens is 3. The Labute approximate surface area is 208 Å². The van der Waals surface area contributed by atoms with Gasteiger partial charge in [0.15, 0.2) is 5.82 Å². The molecule has 1 aliphatic heterocycles. The fourth-order valence-electron chi connectivity index (χ4n) is 3.86. The molecule has 3 heterocycles. The zero-order valence-electron chi connectivity index (χ0n) is 19.3. The Kier molecular flexibility index (Phi) is 5.77. The Balaban J connectivity index is 1.52. The maximum absolute atomic E-state index is 6.90. The van der Waals surface area contributed by atoms with E-state index in [1.54, 1.807) is 6.20 Å². The zero-order chi connectivity index (χ0) is 24.1. The van der Waals surface area contributed by atoms with Crippen LogP contribution >= 0.6 is 23.2 Å². The van der Waals surface area contributed by atoms with Crippen LogP contribution in [-0.4, -0.2) is 33.3 Å². The second-order valence-electron chi connectivity index (χ2n) is 9.18. The zero-order valence-corrected chi connectivity index (χ0v) is 20.8. The average Bonchev–Trinajstić information content (AvgIpc) is 3.02. The Morgan fingerprint density at radius 1 is 0.794 bits per heavy atom. The summed E-state index contributed by atoms with van der Waals surface area (Å²) in [6, 6.07) is 15.2. The topological polar surface area (TPSA) is 69.2 Å². The number of nitrogens with zero attached hydrogens (tertiary/aromatic N) is 3. The average molecular weight is 493 g/mol. The van der Waals surface area contributed by atoms with Crippen molar-refractivity contribution in [2.45, 2.75) is 38.9 Å². The van der Waals surface area contributed by atoms with E-state index in [4.69, 9.17) is 32.5 Å². The third-order valence-corrected chi connectivity index (χ3v) is 7.30. The van der Waals surface area contributed by atoms with E-state index < -0.39 is 18.3 Å². The first-order valence-electron chi connectivity index (χ1n) is 10.9. The molecule has 1 N–H and O–H groups in total. The summed E-state index contributed by atoms with van der Waals surface area (Å²) in [5, 5.41) is 4.35. The van der Waals surface area contributed by atoms with Crippen LogP contribution in [0, 0.1) is 0 Å². The summed E-state index contributed by atoms with van der Waals surface area (Å²) >= 11 is 13.8. The van der Waals surface area contributed by atoms with Crippen LogP contribution in [0.5, 0.6) is 0 Å². The fourth-order valence-corrected chi connectivity index (χ4v) is 4.45. The van der Waals surface area contributed by atoms with Crippen LogP contribution in [0.15, 0.2) is 61.1 Å². The lowest BCUT2D eigenvalue weighted by atomic mass is 9.77. The molecular weight excluding hydrogens is 470 g/mol. The van der Waals surface area contributed by atoms with Crippen molar-refractivity contribution in [3.05, 3.63) is 71.1 Å². The lowest BCUT2D eigenvalue weighted by molar-refractivity contribution is 0.00578. The van der Waals surface area contributed by atoms with Gasteiger partial charge >= 0.3 is 7.12 Å². The first-order chi connectivity index (χ1) is 16.2. The van der Waals surface area contributed by atoms with Crippen molar-refractivity contribution in [2.75, 3.05) is 5.32 Å². The maximum Gasteiger partial charge on any atom is 0.496 e. The van der Waals surface area contributed by atoms with E-state index in [1.165, 1.54) is 6.33 Å². The molecule has 0 unspecified atom stereocenters. The number of fused-ring (bicyclic) bond motifs is 1. The second kappa shape index (κ2) is 8.50. The molecular formula is C25H23BCl2N4O2. The number of hydrogen-bond acceptors (Lipinski definition) is 6. The summed E-state index contributed by atoms with van der Waals surface area (Å²) in [4.78, 5) is 13.0. The van der Waals surface area contributed by atoms with E-state index in [0.717, 1.165) is 22.1 Å². The van der Waals surface area contributed by atoms with Gasteiger partial charge < -0.3 is 14.6 Å². The third kappa shape index (κ3) is 3.93. The molecule has 2 aromatic carbocycles. The highest BCUT2D eigenvalue weighted by atomic mass is 35.5. The highest BCUT2D eigenvalue weighted by Crippen LogP contribution is 2.40. The number of benzene rings is 2. The SMILES string of the molecule is CC1(C)OB(c2cccc(-c3cccc(Nc4ncnc5cccnc45)c3Cl)c2Cl)OC1(C)C. The van der Waals surface area contributed by atoms with E-state index in [2.05, 4.69) is 20.3 Å². The molecule has 1 saturated heterocycles. The highest BCUT2D eigenvalue weighted by Gasteiger charge is 2.52. The molecule has 4 aromatic rings. The first-order valence-corrected chi connectivity index (χ1v) is 11.7. The van der Waals surface area contributed by atoms with Crippen molar-refractivity contribution in [3.8, 4) is 11.1 Å². The minimum absolute atomic E-state index is 0.465. The number of halogens is 2. The van der Waals surface area contributed by atoms with Gasteiger partial charge in [-0.3, -0.25) is 4.98 Å². The molecule has 0 aliphatic carbocycles. The minimum atomic E-state index is -0.573. The van der Waals surface area contributed by atoms with Crippen molar-refractivity contribution in [3.63, 3.8) is 0 Å². The van der Waals surface area contributed by atoms with E-state index >= 15 is 0 Å². The van der Waals surface area contributed by atoms with E-state index in [-0.39, 0.29) is 0 Å². The smallest absolute Gasteiger partial charge is 0.399 e. The fraction of sp³-hybridized carbons (Fsp3) is 0.240. The molecule has 2 aromatic heterocycles. The highest BCUT2D eigenvalue weighted by molar-refractivity contribution is 6.66. The predicted octanol–water partition coefficient (Wildman–Crippen LogP) is 6.04. The lowest BCUT2D eigenvalue weighted by Gasteiger charge is -2.32. The molecule has 1 fully saturated rings. The summed E-state index contributed by atoms with van der Waals surface area (Å²) in [5.74, 6) is 0.571. The van der Waals surface area contributed by atoms with E-state index in [9.17, 15) is 0 Å². The van der Waals surface area contributed by atoms with Gasteiger partial charge in [-0.15, -0.1) is 0 Å². The number of rotatable bonds is 4. The van der Waals surface area contributed by atoms with Crippen LogP contribution in [-0.2, 0) is 9.31 Å². The Morgan fingerprint density at radius 3 is 2.21 bits per heavy atom. The molecule has 34 heavy (non-hydrogen) atoms. The van der Waals surface area contributed by atoms with Crippen LogP contribution in [0.3, 0.4) is 0 Å². The van der Waals surface area contributed by atoms with E-state index in [1.807, 2.05) is 76.2 Å². The number of pyridine rings is 1. The van der Waals surface area contributed by atoms with Gasteiger partial charge in [0, 0.05) is 27.8 Å². The summed E-state index contributed by atoms with van der Waals surface area (Å²) < 4.78 is 12.4. The van der Waals surface area contributed by atoms with Gasteiger partial charge in [0.25, 0.3) is 0 Å². The molecule has 0 bridgehead atoms. The molecule has 172 valence electrons. The summed E-state index contributed by atoms with van der Waals surface area (Å²) in [5.41, 5.74) is 3.48. The normalized spacial score (nSPS) is 16.7. The van der Waals surface area contributed by atoms with Crippen LogP contribution in [0.4, 0.5) is 11.5 Å². The Hall–Kier alpha value is -2.71. The van der Waals surface area contributed by atoms with Crippen LogP contribution in [0.25, 0.3) is 22.2 Å². The standard InChI is InChI=1S/C25H23BCl2N4O2/c1-24(2)25(3,4)34-26(33-24)17-10-5-8-15(20(17)27)16-9-6-11-18(21(16)28)32-23-22-19(30-14-31-23)12-7-13-29-22/h5-14H,1-4H3,(H,30,31,32). The van der Waals surface area contributed by atoms with Crippen molar-refractivity contribution >= 4 is 58.3 Å². The summed E-state index contributed by atoms with van der Waals surface area (Å²) in [6.07, 6.45) is 3.20. The first kappa shape index (κ1) is 23.1. The van der Waals surface area contributed by atoms with Crippen LogP contribution < -0.4 is 10.8 Å². The summed E-state index contributed by atoms with van der Waals surface area (Å²) in [7, 11) is -0.573. The molecule has 0 amide bonds. The largest absolute Gasteiger partial charge is 0.496 e. The Bertz CT molecular complexity index is 1380. The monoisotopic (exact) mass is 492 g/mol. The molecule has 0 atom stereocenters. The second-order valence-corrected chi connectivity index (χ2v) is 9.94. The van der Waals surface area contributed by atoms with E-state index in [0.29, 0.717) is 27.1 Å². The van der Waals surface area contributed by atoms with Crippen molar-refractivity contribution < 1.29 is 9.31 Å². The van der Waals surface area contributed by atoms with Gasteiger partial charge in [-0.05, 0) is 45.9 Å². The number of anilines is 2. The molecule has 5 rings (SSSR count). The number of nitrogens with one attached hydrogen (secondary N) is 1. The molecule has 0 spiro atoms. The van der Waals surface area contributed by atoms with Gasteiger partial charge in [-0.2, -0.15) is 0 Å².